The van der Waals surface area contributed by atoms with Crippen molar-refractivity contribution in [3.8, 4) is 0 Å². The third-order valence-corrected chi connectivity index (χ3v) is 3.29. The SMILES string of the molecule is C=C(C)CNc1nc(NC)c2nc(NC[C@@H](C)O)nc(CC)c2n1. The van der Waals surface area contributed by atoms with E-state index in [1.54, 1.807) is 14.0 Å². The summed E-state index contributed by atoms with van der Waals surface area (Å²) in [6.45, 7) is 10.5. The Kier molecular flexibility index (Phi) is 5.86. The Morgan fingerprint density at radius 3 is 2.38 bits per heavy atom. The monoisotopic (exact) mass is 331 g/mol. The van der Waals surface area contributed by atoms with Crippen LogP contribution in [0, 0.1) is 0 Å². The van der Waals surface area contributed by atoms with Gasteiger partial charge in [0.05, 0.1) is 11.8 Å². The van der Waals surface area contributed by atoms with Crippen molar-refractivity contribution in [1.29, 1.82) is 0 Å². The molecule has 4 N–H and O–H groups in total. The topological polar surface area (TPSA) is 108 Å². The molecule has 0 saturated heterocycles. The van der Waals surface area contributed by atoms with Crippen LogP contribution < -0.4 is 16.0 Å². The molecule has 0 aliphatic carbocycles. The van der Waals surface area contributed by atoms with E-state index in [-0.39, 0.29) is 0 Å². The summed E-state index contributed by atoms with van der Waals surface area (Å²) < 4.78 is 0. The highest BCUT2D eigenvalue weighted by Gasteiger charge is 2.14. The zero-order valence-corrected chi connectivity index (χ0v) is 14.6. The second-order valence-electron chi connectivity index (χ2n) is 5.73. The van der Waals surface area contributed by atoms with E-state index in [1.165, 1.54) is 0 Å². The largest absolute Gasteiger partial charge is 0.392 e. The number of hydrogen-bond acceptors (Lipinski definition) is 8. The Morgan fingerprint density at radius 1 is 1.12 bits per heavy atom. The molecule has 1 atom stereocenters. The normalized spacial score (nSPS) is 12.0. The van der Waals surface area contributed by atoms with Gasteiger partial charge < -0.3 is 21.1 Å². The molecule has 2 rings (SSSR count). The molecular formula is C16H25N7O. The van der Waals surface area contributed by atoms with E-state index in [2.05, 4.69) is 42.5 Å². The summed E-state index contributed by atoms with van der Waals surface area (Å²) >= 11 is 0. The van der Waals surface area contributed by atoms with Crippen LogP contribution in [0.3, 0.4) is 0 Å². The van der Waals surface area contributed by atoms with E-state index >= 15 is 0 Å². The van der Waals surface area contributed by atoms with Gasteiger partial charge in [-0.25, -0.2) is 15.0 Å². The van der Waals surface area contributed by atoms with E-state index in [0.29, 0.717) is 48.3 Å². The summed E-state index contributed by atoms with van der Waals surface area (Å²) in [7, 11) is 1.79. The molecule has 8 nitrogen and oxygen atoms in total. The highest BCUT2D eigenvalue weighted by atomic mass is 16.3. The third-order valence-electron chi connectivity index (χ3n) is 3.29. The first-order chi connectivity index (χ1) is 11.4. The van der Waals surface area contributed by atoms with Gasteiger partial charge in [0.15, 0.2) is 5.82 Å². The molecule has 0 fully saturated rings. The second-order valence-corrected chi connectivity index (χ2v) is 5.73. The molecule has 0 bridgehead atoms. The molecule has 8 heteroatoms. The van der Waals surface area contributed by atoms with Crippen LogP contribution in [-0.2, 0) is 6.42 Å². The molecule has 0 unspecified atom stereocenters. The minimum Gasteiger partial charge on any atom is -0.392 e. The lowest BCUT2D eigenvalue weighted by Crippen LogP contribution is -2.18. The van der Waals surface area contributed by atoms with Gasteiger partial charge in [-0.15, -0.1) is 0 Å². The van der Waals surface area contributed by atoms with Crippen molar-refractivity contribution in [2.75, 3.05) is 36.1 Å². The molecule has 0 aromatic carbocycles. The fraction of sp³-hybridized carbons (Fsp3) is 0.500. The van der Waals surface area contributed by atoms with Crippen LogP contribution in [0.15, 0.2) is 12.2 Å². The average molecular weight is 331 g/mol. The predicted octanol–water partition coefficient (Wildman–Crippen LogP) is 1.80. The van der Waals surface area contributed by atoms with Gasteiger partial charge in [0.25, 0.3) is 0 Å². The molecule has 130 valence electrons. The number of fused-ring (bicyclic) bond motifs is 1. The van der Waals surface area contributed by atoms with Crippen LogP contribution in [0.5, 0.6) is 0 Å². The van der Waals surface area contributed by atoms with Crippen LogP contribution in [0.2, 0.25) is 0 Å². The quantitative estimate of drug-likeness (QED) is 0.542. The van der Waals surface area contributed by atoms with Gasteiger partial charge >= 0.3 is 0 Å². The van der Waals surface area contributed by atoms with Gasteiger partial charge in [-0.3, -0.25) is 0 Å². The number of aliphatic hydroxyl groups is 1. The Balaban J connectivity index is 2.49. The van der Waals surface area contributed by atoms with Crippen LogP contribution in [0.1, 0.15) is 26.5 Å². The maximum Gasteiger partial charge on any atom is 0.225 e. The average Bonchev–Trinajstić information content (AvgIpc) is 2.56. The highest BCUT2D eigenvalue weighted by Crippen LogP contribution is 2.24. The van der Waals surface area contributed by atoms with Gasteiger partial charge in [-0.1, -0.05) is 19.1 Å². The van der Waals surface area contributed by atoms with Gasteiger partial charge in [0, 0.05) is 20.1 Å². The Labute approximate surface area is 141 Å². The summed E-state index contributed by atoms with van der Waals surface area (Å²) in [6, 6.07) is 0. The molecule has 0 aliphatic heterocycles. The van der Waals surface area contributed by atoms with Gasteiger partial charge in [-0.2, -0.15) is 4.98 Å². The van der Waals surface area contributed by atoms with Crippen LogP contribution in [-0.4, -0.2) is 51.3 Å². The highest BCUT2D eigenvalue weighted by molar-refractivity contribution is 5.88. The van der Waals surface area contributed by atoms with E-state index in [4.69, 9.17) is 0 Å². The number of nitrogens with zero attached hydrogens (tertiary/aromatic N) is 4. The number of rotatable bonds is 8. The van der Waals surface area contributed by atoms with Crippen molar-refractivity contribution in [3.63, 3.8) is 0 Å². The van der Waals surface area contributed by atoms with Crippen LogP contribution in [0.25, 0.3) is 11.0 Å². The van der Waals surface area contributed by atoms with E-state index in [9.17, 15) is 5.11 Å². The first-order valence-corrected chi connectivity index (χ1v) is 8.01. The van der Waals surface area contributed by atoms with E-state index in [0.717, 1.165) is 11.3 Å². The fourth-order valence-corrected chi connectivity index (χ4v) is 2.12. The summed E-state index contributed by atoms with van der Waals surface area (Å²) in [5, 5.41) is 18.7. The maximum atomic E-state index is 9.42. The molecule has 2 aromatic heterocycles. The lowest BCUT2D eigenvalue weighted by Gasteiger charge is -2.13. The molecule has 0 aliphatic rings. The smallest absolute Gasteiger partial charge is 0.225 e. The molecule has 24 heavy (non-hydrogen) atoms. The van der Waals surface area contributed by atoms with Crippen LogP contribution >= 0.6 is 0 Å². The van der Waals surface area contributed by atoms with Crippen molar-refractivity contribution < 1.29 is 5.11 Å². The van der Waals surface area contributed by atoms with Crippen molar-refractivity contribution in [2.24, 2.45) is 0 Å². The number of anilines is 3. The molecule has 0 amide bonds. The first-order valence-electron chi connectivity index (χ1n) is 8.01. The van der Waals surface area contributed by atoms with E-state index < -0.39 is 6.10 Å². The lowest BCUT2D eigenvalue weighted by molar-refractivity contribution is 0.208. The van der Waals surface area contributed by atoms with Crippen molar-refractivity contribution in [3.05, 3.63) is 17.8 Å². The number of aliphatic hydroxyl groups excluding tert-OH is 1. The number of nitrogens with one attached hydrogen (secondary N) is 3. The molecule has 2 aromatic rings. The summed E-state index contributed by atoms with van der Waals surface area (Å²) in [5.41, 5.74) is 3.18. The number of aromatic nitrogens is 4. The molecule has 0 spiro atoms. The second kappa shape index (κ2) is 7.87. The number of hydrogen-bond donors (Lipinski definition) is 4. The maximum absolute atomic E-state index is 9.42. The van der Waals surface area contributed by atoms with Crippen LogP contribution in [0.4, 0.5) is 17.7 Å². The summed E-state index contributed by atoms with van der Waals surface area (Å²) in [4.78, 5) is 18.0. The fourth-order valence-electron chi connectivity index (χ4n) is 2.12. The summed E-state index contributed by atoms with van der Waals surface area (Å²) in [5.74, 6) is 1.60. The third kappa shape index (κ3) is 4.29. The summed E-state index contributed by atoms with van der Waals surface area (Å²) in [6.07, 6.45) is 0.228. The Bertz CT molecular complexity index is 730. The zero-order chi connectivity index (χ0) is 17.7. The minimum absolute atomic E-state index is 0.378. The molecule has 0 radical (unpaired) electrons. The van der Waals surface area contributed by atoms with Crippen molar-refractivity contribution >= 4 is 28.7 Å². The Morgan fingerprint density at radius 2 is 1.79 bits per heavy atom. The minimum atomic E-state index is -0.483. The predicted molar refractivity (Wildman–Crippen MR) is 97.5 cm³/mol. The van der Waals surface area contributed by atoms with Crippen molar-refractivity contribution in [1.82, 2.24) is 19.9 Å². The van der Waals surface area contributed by atoms with Gasteiger partial charge in [0.1, 0.15) is 11.0 Å². The van der Waals surface area contributed by atoms with Crippen molar-refractivity contribution in [2.45, 2.75) is 33.3 Å². The zero-order valence-electron chi connectivity index (χ0n) is 14.6. The molecular weight excluding hydrogens is 306 g/mol. The molecule has 2 heterocycles. The number of aryl methyl sites for hydroxylation is 1. The Hall–Kier alpha value is -2.48. The van der Waals surface area contributed by atoms with Gasteiger partial charge in [0.2, 0.25) is 11.9 Å². The van der Waals surface area contributed by atoms with E-state index in [1.807, 2.05) is 13.8 Å². The lowest BCUT2D eigenvalue weighted by atomic mass is 10.2. The van der Waals surface area contributed by atoms with Gasteiger partial charge in [-0.05, 0) is 20.3 Å². The first kappa shape index (κ1) is 17.9. The molecule has 0 saturated carbocycles. The standard InChI is InChI=1S/C16H25N7O/c1-6-11-12-13(22-15(20-11)19-8-10(4)24)14(17-5)23-16(21-12)18-7-9(2)3/h10,24H,2,6-8H2,1,3-5H3,(H,19,20,22)(H2,17,18,21,23)/t10-/m1/s1.